The van der Waals surface area contributed by atoms with E-state index in [0.717, 1.165) is 19.5 Å². The molecule has 1 fully saturated rings. The minimum atomic E-state index is -0.269. The van der Waals surface area contributed by atoms with E-state index in [1.165, 1.54) is 0 Å². The lowest BCUT2D eigenvalue weighted by molar-refractivity contribution is 0.0936. The molecule has 27 heavy (non-hydrogen) atoms. The number of nitrogens with one attached hydrogen (secondary N) is 1. The third-order valence-corrected chi connectivity index (χ3v) is 5.55. The van der Waals surface area contributed by atoms with E-state index < -0.39 is 0 Å². The number of para-hydroxylation sites is 1. The molecular weight excluding hydrogens is 385 g/mol. The van der Waals surface area contributed by atoms with Crippen molar-refractivity contribution in [3.63, 3.8) is 0 Å². The Kier molecular flexibility index (Phi) is 6.40. The highest BCUT2D eigenvalue weighted by atomic mass is 35.5. The molecule has 1 aromatic heterocycles. The second-order valence-electron chi connectivity index (χ2n) is 7.14. The molecule has 0 radical (unpaired) electrons. The minimum absolute atomic E-state index is 0.140. The van der Waals surface area contributed by atoms with Crippen molar-refractivity contribution in [2.24, 2.45) is 5.92 Å². The normalized spacial score (nSPS) is 17.6. The summed E-state index contributed by atoms with van der Waals surface area (Å²) >= 11 is 12.6. The van der Waals surface area contributed by atoms with Crippen molar-refractivity contribution >= 4 is 29.1 Å². The van der Waals surface area contributed by atoms with Crippen LogP contribution in [0.2, 0.25) is 10.0 Å². The van der Waals surface area contributed by atoms with Gasteiger partial charge in [0.25, 0.3) is 5.91 Å². The van der Waals surface area contributed by atoms with Gasteiger partial charge in [0.15, 0.2) is 0 Å². The second kappa shape index (κ2) is 8.59. The Labute approximate surface area is 169 Å². The Morgan fingerprint density at radius 1 is 1.33 bits per heavy atom. The predicted octanol–water partition coefficient (Wildman–Crippen LogP) is 3.60. The van der Waals surface area contributed by atoms with Gasteiger partial charge >= 0.3 is 0 Å². The molecule has 2 heterocycles. The van der Waals surface area contributed by atoms with Crippen molar-refractivity contribution in [1.29, 1.82) is 0 Å². The number of hydrogen-bond donors (Lipinski definition) is 1. The highest BCUT2D eigenvalue weighted by molar-refractivity contribution is 6.37. The van der Waals surface area contributed by atoms with E-state index in [4.69, 9.17) is 23.2 Å². The van der Waals surface area contributed by atoms with Gasteiger partial charge in [-0.2, -0.15) is 0 Å². The van der Waals surface area contributed by atoms with Gasteiger partial charge in [0, 0.05) is 25.6 Å². The summed E-state index contributed by atoms with van der Waals surface area (Å²) < 4.78 is 1.57. The van der Waals surface area contributed by atoms with Crippen LogP contribution in [0.3, 0.4) is 0 Å². The number of carbonyl (C=O) groups excluding carboxylic acids is 1. The molecule has 1 N–H and O–H groups in total. The van der Waals surface area contributed by atoms with Crippen molar-refractivity contribution in [3.05, 3.63) is 39.9 Å². The van der Waals surface area contributed by atoms with Crippen LogP contribution in [0.4, 0.5) is 0 Å². The fraction of sp³-hybridized carbons (Fsp3) is 0.526. The first-order valence-electron chi connectivity index (χ1n) is 9.33. The van der Waals surface area contributed by atoms with E-state index in [2.05, 4.69) is 34.1 Å². The quantitative estimate of drug-likeness (QED) is 0.791. The number of amides is 1. The summed E-state index contributed by atoms with van der Waals surface area (Å²) in [6.07, 6.45) is 1.70. The lowest BCUT2D eigenvalue weighted by Crippen LogP contribution is -2.33. The van der Waals surface area contributed by atoms with Gasteiger partial charge in [0.1, 0.15) is 11.5 Å². The van der Waals surface area contributed by atoms with Crippen LogP contribution in [-0.4, -0.2) is 51.2 Å². The number of aryl methyl sites for hydroxylation is 1. The largest absolute Gasteiger partial charge is 0.349 e. The van der Waals surface area contributed by atoms with Gasteiger partial charge in [-0.1, -0.05) is 36.2 Å². The number of rotatable bonds is 6. The lowest BCUT2D eigenvalue weighted by atomic mass is 10.1. The molecule has 1 aliphatic rings. The Hall–Kier alpha value is -1.63. The Balaban J connectivity index is 1.72. The molecule has 1 aromatic carbocycles. The smallest absolute Gasteiger partial charge is 0.290 e. The average Bonchev–Trinajstić information content (AvgIpc) is 3.27. The zero-order valence-corrected chi connectivity index (χ0v) is 17.4. The van der Waals surface area contributed by atoms with Gasteiger partial charge in [-0.15, -0.1) is 5.10 Å². The first-order chi connectivity index (χ1) is 12.9. The van der Waals surface area contributed by atoms with E-state index in [9.17, 15) is 4.79 Å². The maximum absolute atomic E-state index is 12.6. The van der Waals surface area contributed by atoms with Gasteiger partial charge in [-0.25, -0.2) is 9.67 Å². The standard InChI is InChI=1S/C19H25Cl2N5O/c1-4-16-23-18(24-26(16)17-14(20)6-5-7-15(17)21)19(27)22-10-13-8-9-25(11-13)12(2)3/h5-7,12-13H,4,8-11H2,1-3H3,(H,22,27). The molecule has 1 unspecified atom stereocenters. The van der Waals surface area contributed by atoms with Crippen molar-refractivity contribution < 1.29 is 4.79 Å². The predicted molar refractivity (Wildman–Crippen MR) is 108 cm³/mol. The third-order valence-electron chi connectivity index (χ3n) is 4.94. The van der Waals surface area contributed by atoms with Crippen LogP contribution in [0, 0.1) is 5.92 Å². The van der Waals surface area contributed by atoms with Crippen molar-refractivity contribution in [2.45, 2.75) is 39.7 Å². The number of hydrogen-bond acceptors (Lipinski definition) is 4. The molecule has 8 heteroatoms. The lowest BCUT2D eigenvalue weighted by Gasteiger charge is -2.20. The van der Waals surface area contributed by atoms with Gasteiger partial charge in [-0.3, -0.25) is 4.79 Å². The molecular formula is C19H25Cl2N5O. The topological polar surface area (TPSA) is 63.1 Å². The van der Waals surface area contributed by atoms with E-state index >= 15 is 0 Å². The van der Waals surface area contributed by atoms with Crippen LogP contribution < -0.4 is 5.32 Å². The molecule has 1 aliphatic heterocycles. The van der Waals surface area contributed by atoms with Gasteiger partial charge in [0.2, 0.25) is 5.82 Å². The molecule has 2 aromatic rings. The Morgan fingerprint density at radius 2 is 2.04 bits per heavy atom. The highest BCUT2D eigenvalue weighted by Gasteiger charge is 2.25. The molecule has 146 valence electrons. The summed E-state index contributed by atoms with van der Waals surface area (Å²) in [5, 5.41) is 8.28. The minimum Gasteiger partial charge on any atom is -0.349 e. The molecule has 0 saturated carbocycles. The molecule has 1 saturated heterocycles. The SMILES string of the molecule is CCc1nc(C(=O)NCC2CCN(C(C)C)C2)nn1-c1c(Cl)cccc1Cl. The molecule has 0 bridgehead atoms. The van der Waals surface area contributed by atoms with Crippen LogP contribution >= 0.6 is 23.2 Å². The monoisotopic (exact) mass is 409 g/mol. The van der Waals surface area contributed by atoms with E-state index in [1.54, 1.807) is 22.9 Å². The van der Waals surface area contributed by atoms with Crippen LogP contribution in [0.1, 0.15) is 43.6 Å². The maximum atomic E-state index is 12.6. The summed E-state index contributed by atoms with van der Waals surface area (Å²) in [6.45, 7) is 9.06. The zero-order chi connectivity index (χ0) is 19.6. The van der Waals surface area contributed by atoms with Gasteiger partial charge in [-0.05, 0) is 44.9 Å². The number of aromatic nitrogens is 3. The molecule has 1 atom stereocenters. The molecule has 1 amide bonds. The number of benzene rings is 1. The van der Waals surface area contributed by atoms with E-state index in [-0.39, 0.29) is 11.7 Å². The average molecular weight is 410 g/mol. The van der Waals surface area contributed by atoms with E-state index in [0.29, 0.717) is 46.5 Å². The van der Waals surface area contributed by atoms with Crippen LogP contribution in [0.15, 0.2) is 18.2 Å². The number of nitrogens with zero attached hydrogens (tertiary/aromatic N) is 4. The number of halogens is 2. The molecule has 6 nitrogen and oxygen atoms in total. The van der Waals surface area contributed by atoms with Crippen LogP contribution in [0.25, 0.3) is 5.69 Å². The zero-order valence-electron chi connectivity index (χ0n) is 15.9. The fourth-order valence-corrected chi connectivity index (χ4v) is 3.91. The number of likely N-dealkylation sites (tertiary alicyclic amines) is 1. The van der Waals surface area contributed by atoms with Crippen molar-refractivity contribution in [3.8, 4) is 5.69 Å². The van der Waals surface area contributed by atoms with E-state index in [1.807, 2.05) is 6.92 Å². The van der Waals surface area contributed by atoms with Crippen LogP contribution in [-0.2, 0) is 6.42 Å². The summed E-state index contributed by atoms with van der Waals surface area (Å²) in [5.74, 6) is 0.972. The first kappa shape index (κ1) is 20.1. The van der Waals surface area contributed by atoms with Gasteiger partial charge in [0.05, 0.1) is 10.0 Å². The highest BCUT2D eigenvalue weighted by Crippen LogP contribution is 2.28. The first-order valence-corrected chi connectivity index (χ1v) is 10.1. The second-order valence-corrected chi connectivity index (χ2v) is 7.96. The fourth-order valence-electron chi connectivity index (χ4n) is 3.35. The molecule has 3 rings (SSSR count). The summed E-state index contributed by atoms with van der Waals surface area (Å²) in [5.41, 5.74) is 0.549. The summed E-state index contributed by atoms with van der Waals surface area (Å²) in [4.78, 5) is 19.4. The Morgan fingerprint density at radius 3 is 2.63 bits per heavy atom. The van der Waals surface area contributed by atoms with Crippen LogP contribution in [0.5, 0.6) is 0 Å². The maximum Gasteiger partial charge on any atom is 0.290 e. The summed E-state index contributed by atoms with van der Waals surface area (Å²) in [7, 11) is 0. The van der Waals surface area contributed by atoms with Crippen molar-refractivity contribution in [1.82, 2.24) is 25.0 Å². The summed E-state index contributed by atoms with van der Waals surface area (Å²) in [6, 6.07) is 5.79. The molecule has 0 aliphatic carbocycles. The van der Waals surface area contributed by atoms with Gasteiger partial charge < -0.3 is 10.2 Å². The number of carbonyl (C=O) groups is 1. The Bertz CT molecular complexity index is 800. The third kappa shape index (κ3) is 4.45. The molecule has 0 spiro atoms. The van der Waals surface area contributed by atoms with Crippen molar-refractivity contribution in [2.75, 3.05) is 19.6 Å².